The maximum absolute atomic E-state index is 12.9. The summed E-state index contributed by atoms with van der Waals surface area (Å²) in [5.41, 5.74) is 5.97. The van der Waals surface area contributed by atoms with E-state index in [0.717, 1.165) is 5.56 Å². The molecule has 7 N–H and O–H groups in total. The van der Waals surface area contributed by atoms with Crippen molar-refractivity contribution in [3.63, 3.8) is 0 Å². The van der Waals surface area contributed by atoms with Crippen LogP contribution < -0.4 is 21.7 Å². The molecular formula is C22H32N4O7. The first-order chi connectivity index (χ1) is 15.5. The van der Waals surface area contributed by atoms with Gasteiger partial charge in [0.05, 0.1) is 0 Å². The second-order valence-corrected chi connectivity index (χ2v) is 8.09. The van der Waals surface area contributed by atoms with Crippen molar-refractivity contribution in [3.8, 4) is 5.75 Å². The van der Waals surface area contributed by atoms with Crippen molar-refractivity contribution >= 4 is 29.6 Å². The van der Waals surface area contributed by atoms with Gasteiger partial charge in [0.2, 0.25) is 23.6 Å². The summed E-state index contributed by atoms with van der Waals surface area (Å²) in [5.74, 6) is -3.54. The standard InChI is InChI=1S/C22H32N4O7/c1-13(2)11-17(25-19(29)10-5-14-3-6-15(27)7-4-14)22(33)26-16(8-9-18(23)28)21(32)24-12-20(30)31/h3-4,6-7,13,16-17,27H,5,8-12H2,1-2H3,(H2,23,28)(H,24,32)(H,25,29)(H,26,33)(H,30,31). The summed E-state index contributed by atoms with van der Waals surface area (Å²) in [5, 5.41) is 25.4. The molecular weight excluding hydrogens is 432 g/mol. The Labute approximate surface area is 192 Å². The number of carboxylic acids is 1. The van der Waals surface area contributed by atoms with Crippen LogP contribution in [0.15, 0.2) is 24.3 Å². The molecule has 0 heterocycles. The van der Waals surface area contributed by atoms with E-state index < -0.39 is 42.3 Å². The van der Waals surface area contributed by atoms with E-state index in [0.29, 0.717) is 12.8 Å². The molecule has 182 valence electrons. The Morgan fingerprint density at radius 3 is 2.12 bits per heavy atom. The molecule has 0 saturated heterocycles. The highest BCUT2D eigenvalue weighted by molar-refractivity contribution is 5.93. The van der Waals surface area contributed by atoms with Crippen LogP contribution in [0.2, 0.25) is 0 Å². The maximum atomic E-state index is 12.9. The lowest BCUT2D eigenvalue weighted by molar-refractivity contribution is -0.138. The highest BCUT2D eigenvalue weighted by Crippen LogP contribution is 2.12. The predicted octanol–water partition coefficient (Wildman–Crippen LogP) is -0.193. The van der Waals surface area contributed by atoms with Crippen LogP contribution in [0.5, 0.6) is 5.75 Å². The molecule has 0 saturated carbocycles. The molecule has 2 atom stereocenters. The molecule has 1 rings (SSSR count). The average Bonchev–Trinajstić information content (AvgIpc) is 2.73. The second kappa shape index (κ2) is 13.7. The number of nitrogens with two attached hydrogens (primary N) is 1. The first kappa shape index (κ1) is 27.4. The molecule has 0 aliphatic rings. The summed E-state index contributed by atoms with van der Waals surface area (Å²) in [7, 11) is 0. The molecule has 11 nitrogen and oxygen atoms in total. The third-order valence-electron chi connectivity index (χ3n) is 4.66. The van der Waals surface area contributed by atoms with E-state index in [4.69, 9.17) is 10.8 Å². The highest BCUT2D eigenvalue weighted by atomic mass is 16.4. The minimum absolute atomic E-state index is 0.0445. The largest absolute Gasteiger partial charge is 0.508 e. The number of primary amides is 1. The van der Waals surface area contributed by atoms with Crippen molar-refractivity contribution in [2.24, 2.45) is 11.7 Å². The van der Waals surface area contributed by atoms with Crippen LogP contribution >= 0.6 is 0 Å². The van der Waals surface area contributed by atoms with E-state index >= 15 is 0 Å². The Kier molecular flexibility index (Phi) is 11.4. The normalized spacial score (nSPS) is 12.5. The number of aryl methyl sites for hydroxylation is 1. The van der Waals surface area contributed by atoms with Gasteiger partial charge in [-0.15, -0.1) is 0 Å². The van der Waals surface area contributed by atoms with Gasteiger partial charge in [-0.1, -0.05) is 26.0 Å². The number of benzene rings is 1. The highest BCUT2D eigenvalue weighted by Gasteiger charge is 2.27. The third kappa shape index (κ3) is 11.5. The van der Waals surface area contributed by atoms with E-state index in [1.165, 1.54) is 12.1 Å². The van der Waals surface area contributed by atoms with E-state index in [9.17, 15) is 29.1 Å². The van der Waals surface area contributed by atoms with E-state index in [1.807, 2.05) is 13.8 Å². The Morgan fingerprint density at radius 2 is 1.58 bits per heavy atom. The SMILES string of the molecule is CC(C)CC(NC(=O)CCc1ccc(O)cc1)C(=O)NC(CCC(N)=O)C(=O)NCC(=O)O. The van der Waals surface area contributed by atoms with Gasteiger partial charge in [0.15, 0.2) is 0 Å². The van der Waals surface area contributed by atoms with Gasteiger partial charge < -0.3 is 31.9 Å². The number of aromatic hydroxyl groups is 1. The topological polar surface area (TPSA) is 188 Å². The van der Waals surface area contributed by atoms with Gasteiger partial charge in [-0.3, -0.25) is 24.0 Å². The van der Waals surface area contributed by atoms with Gasteiger partial charge in [-0.05, 0) is 42.9 Å². The smallest absolute Gasteiger partial charge is 0.322 e. The van der Waals surface area contributed by atoms with Crippen molar-refractivity contribution in [2.45, 2.75) is 58.0 Å². The number of rotatable bonds is 14. The van der Waals surface area contributed by atoms with Crippen LogP contribution in [0.1, 0.15) is 45.1 Å². The fourth-order valence-corrected chi connectivity index (χ4v) is 3.00. The Morgan fingerprint density at radius 1 is 0.939 bits per heavy atom. The number of aliphatic carboxylic acids is 1. The number of phenolic OH excluding ortho intramolecular Hbond substituents is 1. The zero-order chi connectivity index (χ0) is 25.0. The van der Waals surface area contributed by atoms with Crippen LogP contribution in [0.25, 0.3) is 0 Å². The van der Waals surface area contributed by atoms with Crippen LogP contribution in [0.3, 0.4) is 0 Å². The van der Waals surface area contributed by atoms with Crippen molar-refractivity contribution in [1.29, 1.82) is 0 Å². The average molecular weight is 465 g/mol. The molecule has 0 bridgehead atoms. The molecule has 0 aromatic heterocycles. The number of carboxylic acid groups (broad SMARTS) is 1. The maximum Gasteiger partial charge on any atom is 0.322 e. The van der Waals surface area contributed by atoms with Gasteiger partial charge in [0, 0.05) is 12.8 Å². The van der Waals surface area contributed by atoms with E-state index in [1.54, 1.807) is 12.1 Å². The van der Waals surface area contributed by atoms with Gasteiger partial charge in [-0.25, -0.2) is 0 Å². The molecule has 11 heteroatoms. The molecule has 4 amide bonds. The Balaban J connectivity index is 2.80. The number of hydrogen-bond acceptors (Lipinski definition) is 6. The van der Waals surface area contributed by atoms with Crippen molar-refractivity contribution < 1.29 is 34.2 Å². The van der Waals surface area contributed by atoms with Crippen molar-refractivity contribution in [1.82, 2.24) is 16.0 Å². The van der Waals surface area contributed by atoms with Crippen molar-refractivity contribution in [2.75, 3.05) is 6.54 Å². The van der Waals surface area contributed by atoms with Crippen LogP contribution in [0.4, 0.5) is 0 Å². The van der Waals surface area contributed by atoms with Gasteiger partial charge in [-0.2, -0.15) is 0 Å². The minimum atomic E-state index is -1.26. The number of phenols is 1. The lowest BCUT2D eigenvalue weighted by Crippen LogP contribution is -2.54. The summed E-state index contributed by atoms with van der Waals surface area (Å²) >= 11 is 0. The first-order valence-corrected chi connectivity index (χ1v) is 10.6. The minimum Gasteiger partial charge on any atom is -0.508 e. The second-order valence-electron chi connectivity index (χ2n) is 8.09. The predicted molar refractivity (Wildman–Crippen MR) is 119 cm³/mol. The number of amides is 4. The molecule has 0 fully saturated rings. The molecule has 0 aliphatic carbocycles. The monoisotopic (exact) mass is 464 g/mol. The number of hydrogen-bond donors (Lipinski definition) is 6. The summed E-state index contributed by atoms with van der Waals surface area (Å²) in [6.45, 7) is 3.09. The van der Waals surface area contributed by atoms with Crippen LogP contribution in [0, 0.1) is 5.92 Å². The fourth-order valence-electron chi connectivity index (χ4n) is 3.00. The number of nitrogens with one attached hydrogen (secondary N) is 3. The molecule has 1 aromatic rings. The fraction of sp³-hybridized carbons (Fsp3) is 0.500. The summed E-state index contributed by atoms with van der Waals surface area (Å²) in [6.07, 6.45) is 0.503. The lowest BCUT2D eigenvalue weighted by Gasteiger charge is -2.24. The molecule has 0 aliphatic heterocycles. The summed E-state index contributed by atoms with van der Waals surface area (Å²) in [4.78, 5) is 59.4. The van der Waals surface area contributed by atoms with E-state index in [-0.39, 0.29) is 36.8 Å². The summed E-state index contributed by atoms with van der Waals surface area (Å²) < 4.78 is 0. The van der Waals surface area contributed by atoms with Gasteiger partial charge in [0.25, 0.3) is 0 Å². The lowest BCUT2D eigenvalue weighted by atomic mass is 10.0. The zero-order valence-corrected chi connectivity index (χ0v) is 18.8. The number of carbonyl (C=O) groups is 5. The Hall–Kier alpha value is -3.63. The van der Waals surface area contributed by atoms with E-state index in [2.05, 4.69) is 16.0 Å². The quantitative estimate of drug-likeness (QED) is 0.220. The molecule has 2 unspecified atom stereocenters. The van der Waals surface area contributed by atoms with Gasteiger partial charge in [0.1, 0.15) is 24.4 Å². The molecule has 0 spiro atoms. The number of carbonyl (C=O) groups excluding carboxylic acids is 4. The van der Waals surface area contributed by atoms with Crippen LogP contribution in [-0.2, 0) is 30.4 Å². The third-order valence-corrected chi connectivity index (χ3v) is 4.66. The van der Waals surface area contributed by atoms with Crippen molar-refractivity contribution in [3.05, 3.63) is 29.8 Å². The first-order valence-electron chi connectivity index (χ1n) is 10.6. The zero-order valence-electron chi connectivity index (χ0n) is 18.8. The Bertz CT molecular complexity index is 840. The molecule has 0 radical (unpaired) electrons. The molecule has 1 aromatic carbocycles. The van der Waals surface area contributed by atoms with Crippen LogP contribution in [-0.4, -0.2) is 58.4 Å². The summed E-state index contributed by atoms with van der Waals surface area (Å²) in [6, 6.07) is 4.31. The van der Waals surface area contributed by atoms with Gasteiger partial charge >= 0.3 is 5.97 Å². The molecule has 33 heavy (non-hydrogen) atoms.